The van der Waals surface area contributed by atoms with E-state index in [4.69, 9.17) is 16.3 Å². The molecular formula is C8H11ClN2OS. The van der Waals surface area contributed by atoms with Crippen molar-refractivity contribution in [1.82, 2.24) is 10.2 Å². The highest BCUT2D eigenvalue weighted by molar-refractivity contribution is 7.11. The quantitative estimate of drug-likeness (QED) is 0.714. The van der Waals surface area contributed by atoms with Crippen LogP contribution in [0.3, 0.4) is 0 Å². The van der Waals surface area contributed by atoms with Gasteiger partial charge in [-0.3, -0.25) is 0 Å². The second-order valence-corrected chi connectivity index (χ2v) is 4.61. The predicted octanol–water partition coefficient (Wildman–Crippen LogP) is 2.17. The molecule has 2 rings (SSSR count). The van der Waals surface area contributed by atoms with E-state index < -0.39 is 0 Å². The van der Waals surface area contributed by atoms with Gasteiger partial charge < -0.3 is 4.74 Å². The number of aromatic nitrogens is 2. The molecule has 0 amide bonds. The molecule has 0 aromatic carbocycles. The van der Waals surface area contributed by atoms with Crippen molar-refractivity contribution in [2.24, 2.45) is 0 Å². The van der Waals surface area contributed by atoms with Crippen molar-refractivity contribution < 1.29 is 4.74 Å². The Balaban J connectivity index is 2.08. The first-order valence-electron chi connectivity index (χ1n) is 4.29. The van der Waals surface area contributed by atoms with Gasteiger partial charge in [-0.05, 0) is 13.3 Å². The molecule has 0 bridgehead atoms. The van der Waals surface area contributed by atoms with Crippen LogP contribution in [0.25, 0.3) is 0 Å². The van der Waals surface area contributed by atoms with Gasteiger partial charge in [0, 0.05) is 5.92 Å². The third kappa shape index (κ3) is 2.00. The van der Waals surface area contributed by atoms with Crippen molar-refractivity contribution in [2.75, 3.05) is 6.61 Å². The number of ether oxygens (including phenoxy) is 1. The maximum atomic E-state index is 5.65. The van der Waals surface area contributed by atoms with E-state index in [1.54, 1.807) is 11.3 Å². The van der Waals surface area contributed by atoms with Crippen LogP contribution in [0, 0.1) is 0 Å². The molecule has 1 aliphatic rings. The zero-order chi connectivity index (χ0) is 9.26. The second kappa shape index (κ2) is 3.90. The van der Waals surface area contributed by atoms with Gasteiger partial charge in [0.2, 0.25) is 0 Å². The predicted molar refractivity (Wildman–Crippen MR) is 52.2 cm³/mol. The summed E-state index contributed by atoms with van der Waals surface area (Å²) in [6.07, 6.45) is 1.41. The minimum Gasteiger partial charge on any atom is -0.378 e. The van der Waals surface area contributed by atoms with E-state index in [9.17, 15) is 0 Å². The van der Waals surface area contributed by atoms with Crippen LogP contribution < -0.4 is 0 Å². The Morgan fingerprint density at radius 3 is 3.00 bits per heavy atom. The molecule has 0 aliphatic carbocycles. The molecule has 3 nitrogen and oxygen atoms in total. The standard InChI is InChI=1S/C8H11ClN2OS/c1-5-2-6(4-12-5)8-11-10-7(3-9)13-8/h5-6H,2-4H2,1H3. The molecule has 1 saturated heterocycles. The first-order valence-corrected chi connectivity index (χ1v) is 5.64. The zero-order valence-electron chi connectivity index (χ0n) is 7.36. The number of rotatable bonds is 2. The van der Waals surface area contributed by atoms with E-state index in [0.717, 1.165) is 23.0 Å². The molecule has 2 heterocycles. The van der Waals surface area contributed by atoms with Crippen LogP contribution >= 0.6 is 22.9 Å². The average molecular weight is 219 g/mol. The molecule has 5 heteroatoms. The summed E-state index contributed by atoms with van der Waals surface area (Å²) in [5, 5.41) is 10.1. The molecule has 0 N–H and O–H groups in total. The Hall–Kier alpha value is -0.190. The molecule has 1 aromatic heterocycles. The molecule has 0 saturated carbocycles. The van der Waals surface area contributed by atoms with Gasteiger partial charge in [-0.1, -0.05) is 11.3 Å². The molecular weight excluding hydrogens is 208 g/mol. The molecule has 2 unspecified atom stereocenters. The maximum Gasteiger partial charge on any atom is 0.132 e. The van der Waals surface area contributed by atoms with Crippen molar-refractivity contribution in [3.63, 3.8) is 0 Å². The fraction of sp³-hybridized carbons (Fsp3) is 0.750. The largest absolute Gasteiger partial charge is 0.378 e. The SMILES string of the molecule is CC1CC(c2nnc(CCl)s2)CO1. The number of halogens is 1. The van der Waals surface area contributed by atoms with Crippen LogP contribution in [0.5, 0.6) is 0 Å². The van der Waals surface area contributed by atoms with E-state index in [1.807, 2.05) is 0 Å². The third-order valence-corrected chi connectivity index (χ3v) is 3.64. The zero-order valence-corrected chi connectivity index (χ0v) is 8.94. The summed E-state index contributed by atoms with van der Waals surface area (Å²) in [5.41, 5.74) is 0. The second-order valence-electron chi connectivity index (χ2n) is 3.24. The Morgan fingerprint density at radius 2 is 2.46 bits per heavy atom. The number of nitrogens with zero attached hydrogens (tertiary/aromatic N) is 2. The normalized spacial score (nSPS) is 28.2. The van der Waals surface area contributed by atoms with Gasteiger partial charge in [0.1, 0.15) is 10.0 Å². The molecule has 1 fully saturated rings. The van der Waals surface area contributed by atoms with Crippen LogP contribution in [-0.4, -0.2) is 22.9 Å². The van der Waals surface area contributed by atoms with Crippen molar-refractivity contribution in [3.05, 3.63) is 10.0 Å². The summed E-state index contributed by atoms with van der Waals surface area (Å²) in [5.74, 6) is 0.894. The summed E-state index contributed by atoms with van der Waals surface area (Å²) in [4.78, 5) is 0. The van der Waals surface area contributed by atoms with E-state index in [1.165, 1.54) is 0 Å². The van der Waals surface area contributed by atoms with Crippen LogP contribution in [0.15, 0.2) is 0 Å². The fourth-order valence-corrected chi connectivity index (χ4v) is 2.48. The Kier molecular flexibility index (Phi) is 2.81. The highest BCUT2D eigenvalue weighted by atomic mass is 35.5. The van der Waals surface area contributed by atoms with Gasteiger partial charge in [0.05, 0.1) is 18.6 Å². The van der Waals surface area contributed by atoms with E-state index in [0.29, 0.717) is 17.9 Å². The van der Waals surface area contributed by atoms with Gasteiger partial charge in [-0.15, -0.1) is 21.8 Å². The minimum atomic E-state index is 0.355. The van der Waals surface area contributed by atoms with Crippen molar-refractivity contribution in [3.8, 4) is 0 Å². The van der Waals surface area contributed by atoms with Crippen molar-refractivity contribution >= 4 is 22.9 Å². The van der Waals surface area contributed by atoms with Gasteiger partial charge in [-0.25, -0.2) is 0 Å². The summed E-state index contributed by atoms with van der Waals surface area (Å²) in [6, 6.07) is 0. The average Bonchev–Trinajstić information content (AvgIpc) is 2.71. The van der Waals surface area contributed by atoms with E-state index in [-0.39, 0.29) is 0 Å². The topological polar surface area (TPSA) is 35.0 Å². The highest BCUT2D eigenvalue weighted by Gasteiger charge is 2.26. The van der Waals surface area contributed by atoms with Crippen molar-refractivity contribution in [2.45, 2.75) is 31.2 Å². The maximum absolute atomic E-state index is 5.65. The lowest BCUT2D eigenvalue weighted by Gasteiger charge is -1.99. The third-order valence-electron chi connectivity index (χ3n) is 2.14. The molecule has 13 heavy (non-hydrogen) atoms. The first kappa shape index (κ1) is 9.37. The van der Waals surface area contributed by atoms with E-state index in [2.05, 4.69) is 17.1 Å². The summed E-state index contributed by atoms with van der Waals surface area (Å²) < 4.78 is 5.47. The van der Waals surface area contributed by atoms with E-state index >= 15 is 0 Å². The van der Waals surface area contributed by atoms with Gasteiger partial charge >= 0.3 is 0 Å². The molecule has 0 spiro atoms. The Morgan fingerprint density at radius 1 is 1.62 bits per heavy atom. The Bertz CT molecular complexity index is 291. The van der Waals surface area contributed by atoms with Crippen LogP contribution in [0.1, 0.15) is 29.3 Å². The Labute approximate surface area is 86.1 Å². The fourth-order valence-electron chi connectivity index (χ4n) is 1.47. The van der Waals surface area contributed by atoms with Crippen LogP contribution in [-0.2, 0) is 10.6 Å². The van der Waals surface area contributed by atoms with Gasteiger partial charge in [0.15, 0.2) is 0 Å². The lowest BCUT2D eigenvalue weighted by Crippen LogP contribution is -1.97. The van der Waals surface area contributed by atoms with Crippen molar-refractivity contribution in [1.29, 1.82) is 0 Å². The summed E-state index contributed by atoms with van der Waals surface area (Å²) in [6.45, 7) is 2.86. The van der Waals surface area contributed by atoms with Crippen LogP contribution in [0.2, 0.25) is 0 Å². The number of hydrogen-bond acceptors (Lipinski definition) is 4. The van der Waals surface area contributed by atoms with Gasteiger partial charge in [-0.2, -0.15) is 0 Å². The first-order chi connectivity index (χ1) is 6.29. The molecule has 2 atom stereocenters. The number of alkyl halides is 1. The summed E-state index contributed by atoms with van der Waals surface area (Å²) >= 11 is 7.25. The van der Waals surface area contributed by atoms with Crippen LogP contribution in [0.4, 0.5) is 0 Å². The smallest absolute Gasteiger partial charge is 0.132 e. The monoisotopic (exact) mass is 218 g/mol. The molecule has 0 radical (unpaired) electrons. The number of hydrogen-bond donors (Lipinski definition) is 0. The highest BCUT2D eigenvalue weighted by Crippen LogP contribution is 2.31. The summed E-state index contributed by atoms with van der Waals surface area (Å²) in [7, 11) is 0. The molecule has 72 valence electrons. The molecule has 1 aromatic rings. The lowest BCUT2D eigenvalue weighted by molar-refractivity contribution is 0.123. The molecule has 1 aliphatic heterocycles. The minimum absolute atomic E-state index is 0.355. The lowest BCUT2D eigenvalue weighted by atomic mass is 10.1. The van der Waals surface area contributed by atoms with Gasteiger partial charge in [0.25, 0.3) is 0 Å².